The number of para-hydroxylation sites is 2. The number of methoxy groups -OCH3 is 1. The lowest BCUT2D eigenvalue weighted by Gasteiger charge is -2.41. The molecule has 0 spiro atoms. The van der Waals surface area contributed by atoms with Crippen molar-refractivity contribution in [3.8, 4) is 0 Å². The largest absolute Gasteiger partial charge is 0.384 e. The fourth-order valence-corrected chi connectivity index (χ4v) is 4.57. The van der Waals surface area contributed by atoms with Gasteiger partial charge in [-0.25, -0.2) is 0 Å². The highest BCUT2D eigenvalue weighted by Gasteiger charge is 2.34. The van der Waals surface area contributed by atoms with Crippen molar-refractivity contribution < 1.29 is 9.53 Å². The van der Waals surface area contributed by atoms with Crippen LogP contribution in [-0.2, 0) is 16.0 Å². The number of carbonyl (C=O) groups excluding carboxylic acids is 1. The van der Waals surface area contributed by atoms with Crippen molar-refractivity contribution in [2.75, 3.05) is 37.4 Å². The van der Waals surface area contributed by atoms with Crippen LogP contribution in [0.5, 0.6) is 0 Å². The van der Waals surface area contributed by atoms with E-state index < -0.39 is 0 Å². The average Bonchev–Trinajstić information content (AvgIpc) is 2.83. The topological polar surface area (TPSA) is 53.6 Å². The summed E-state index contributed by atoms with van der Waals surface area (Å²) >= 11 is 0. The van der Waals surface area contributed by atoms with E-state index in [1.165, 1.54) is 16.7 Å². The summed E-state index contributed by atoms with van der Waals surface area (Å²) < 4.78 is 5.27. The van der Waals surface area contributed by atoms with E-state index in [1.54, 1.807) is 7.11 Å². The number of hydrogen-bond acceptors (Lipinski definition) is 4. The Bertz CT molecular complexity index is 1110. The molecule has 0 radical (unpaired) electrons. The Kier molecular flexibility index (Phi) is 8.09. The van der Waals surface area contributed by atoms with Crippen molar-refractivity contribution in [1.29, 1.82) is 0 Å². The van der Waals surface area contributed by atoms with Gasteiger partial charge in [-0.3, -0.25) is 4.79 Å². The zero-order valence-electron chi connectivity index (χ0n) is 21.3. The summed E-state index contributed by atoms with van der Waals surface area (Å²) in [6, 6.07) is 25.0. The Morgan fingerprint density at radius 2 is 1.49 bits per heavy atom. The van der Waals surface area contributed by atoms with Gasteiger partial charge in [-0.1, -0.05) is 71.8 Å². The molecule has 1 saturated heterocycles. The number of rotatable bonds is 10. The molecular formula is C30H37N3O2. The minimum atomic E-state index is -0.348. The summed E-state index contributed by atoms with van der Waals surface area (Å²) in [5.74, 6) is 0.563. The van der Waals surface area contributed by atoms with Crippen molar-refractivity contribution >= 4 is 17.3 Å². The van der Waals surface area contributed by atoms with Crippen molar-refractivity contribution in [3.05, 3.63) is 95.1 Å². The third-order valence-electron chi connectivity index (χ3n) is 6.74. The Labute approximate surface area is 209 Å². The molecule has 1 aliphatic heterocycles. The molecule has 184 valence electrons. The standard InChI is InChI=1S/C30H37N3O2/c1-21-9-13-24(14-10-21)17-29(30(34)33-18-25(19-33)20-35-4)32-28-8-6-5-7-27(28)31-23(3)26-15-11-22(2)12-16-26/h5-16,23,25,29,31-32H,17-20H2,1-4H3. The van der Waals surface area contributed by atoms with Gasteiger partial charge in [0.1, 0.15) is 6.04 Å². The highest BCUT2D eigenvalue weighted by molar-refractivity contribution is 5.87. The van der Waals surface area contributed by atoms with Crippen LogP contribution in [0.15, 0.2) is 72.8 Å². The van der Waals surface area contributed by atoms with Crippen LogP contribution in [0.1, 0.15) is 35.2 Å². The number of anilines is 2. The summed E-state index contributed by atoms with van der Waals surface area (Å²) in [6.07, 6.45) is 0.631. The second-order valence-electron chi connectivity index (χ2n) is 9.77. The molecule has 5 heteroatoms. The number of ether oxygens (including phenoxy) is 1. The molecule has 2 unspecified atom stereocenters. The molecule has 2 N–H and O–H groups in total. The average molecular weight is 472 g/mol. The molecule has 1 heterocycles. The van der Waals surface area contributed by atoms with Gasteiger partial charge in [-0.15, -0.1) is 0 Å². The Morgan fingerprint density at radius 1 is 0.914 bits per heavy atom. The minimum absolute atomic E-state index is 0.134. The van der Waals surface area contributed by atoms with Crippen LogP contribution < -0.4 is 10.6 Å². The van der Waals surface area contributed by atoms with E-state index in [9.17, 15) is 4.79 Å². The second kappa shape index (κ2) is 11.4. The van der Waals surface area contributed by atoms with E-state index in [1.807, 2.05) is 23.1 Å². The van der Waals surface area contributed by atoms with Crippen molar-refractivity contribution in [1.82, 2.24) is 4.90 Å². The van der Waals surface area contributed by atoms with E-state index >= 15 is 0 Å². The molecule has 2 atom stereocenters. The maximum absolute atomic E-state index is 13.5. The smallest absolute Gasteiger partial charge is 0.245 e. The van der Waals surface area contributed by atoms with E-state index in [2.05, 4.69) is 86.0 Å². The third-order valence-corrected chi connectivity index (χ3v) is 6.74. The van der Waals surface area contributed by atoms with Crippen molar-refractivity contribution in [2.45, 2.75) is 39.3 Å². The van der Waals surface area contributed by atoms with E-state index in [0.29, 0.717) is 18.9 Å². The number of hydrogen-bond donors (Lipinski definition) is 2. The van der Waals surface area contributed by atoms with Gasteiger partial charge < -0.3 is 20.3 Å². The van der Waals surface area contributed by atoms with E-state index in [-0.39, 0.29) is 18.0 Å². The third kappa shape index (κ3) is 6.43. The monoisotopic (exact) mass is 471 g/mol. The number of nitrogens with one attached hydrogen (secondary N) is 2. The lowest BCUT2D eigenvalue weighted by molar-refractivity contribution is -0.139. The molecule has 35 heavy (non-hydrogen) atoms. The maximum atomic E-state index is 13.5. The fourth-order valence-electron chi connectivity index (χ4n) is 4.57. The molecule has 1 amide bonds. The molecule has 3 aromatic rings. The molecule has 0 saturated carbocycles. The summed E-state index contributed by atoms with van der Waals surface area (Å²) in [7, 11) is 1.72. The summed E-state index contributed by atoms with van der Waals surface area (Å²) in [4.78, 5) is 15.5. The highest BCUT2D eigenvalue weighted by atomic mass is 16.5. The van der Waals surface area contributed by atoms with Gasteiger partial charge in [-0.05, 0) is 44.0 Å². The lowest BCUT2D eigenvalue weighted by atomic mass is 9.97. The number of benzene rings is 3. The van der Waals surface area contributed by atoms with Gasteiger partial charge in [-0.2, -0.15) is 0 Å². The van der Waals surface area contributed by atoms with Gasteiger partial charge in [0.05, 0.1) is 18.0 Å². The molecule has 0 aromatic heterocycles. The number of aryl methyl sites for hydroxylation is 2. The van der Waals surface area contributed by atoms with Gasteiger partial charge in [0.25, 0.3) is 0 Å². The zero-order valence-corrected chi connectivity index (χ0v) is 21.3. The minimum Gasteiger partial charge on any atom is -0.384 e. The Hall–Kier alpha value is -3.31. The molecule has 3 aromatic carbocycles. The first-order valence-electron chi connectivity index (χ1n) is 12.4. The number of nitrogens with zero attached hydrogens (tertiary/aromatic N) is 1. The first-order valence-corrected chi connectivity index (χ1v) is 12.4. The quantitative estimate of drug-likeness (QED) is 0.404. The van der Waals surface area contributed by atoms with E-state index in [0.717, 1.165) is 30.0 Å². The van der Waals surface area contributed by atoms with Gasteiger partial charge in [0.15, 0.2) is 0 Å². The normalized spacial score (nSPS) is 15.3. The first kappa shape index (κ1) is 24.8. The van der Waals surface area contributed by atoms with Crippen LogP contribution in [0, 0.1) is 19.8 Å². The van der Waals surface area contributed by atoms with Crippen LogP contribution in [0.3, 0.4) is 0 Å². The molecular weight excluding hydrogens is 434 g/mol. The molecule has 0 bridgehead atoms. The predicted octanol–water partition coefficient (Wildman–Crippen LogP) is 5.60. The molecule has 5 nitrogen and oxygen atoms in total. The van der Waals surface area contributed by atoms with Crippen LogP contribution in [0.2, 0.25) is 0 Å². The lowest BCUT2D eigenvalue weighted by Crippen LogP contribution is -2.56. The SMILES string of the molecule is COCC1CN(C(=O)C(Cc2ccc(C)cc2)Nc2ccccc2NC(C)c2ccc(C)cc2)C1. The van der Waals surface area contributed by atoms with Gasteiger partial charge in [0, 0.05) is 38.6 Å². The van der Waals surface area contributed by atoms with Gasteiger partial charge >= 0.3 is 0 Å². The maximum Gasteiger partial charge on any atom is 0.245 e. The molecule has 4 rings (SSSR count). The van der Waals surface area contributed by atoms with Crippen molar-refractivity contribution in [3.63, 3.8) is 0 Å². The van der Waals surface area contributed by atoms with Crippen LogP contribution in [-0.4, -0.2) is 43.7 Å². The summed E-state index contributed by atoms with van der Waals surface area (Å²) in [5, 5.41) is 7.23. The number of likely N-dealkylation sites (tertiary alicyclic amines) is 1. The molecule has 0 aliphatic carbocycles. The second-order valence-corrected chi connectivity index (χ2v) is 9.77. The number of carbonyl (C=O) groups is 1. The first-order chi connectivity index (χ1) is 16.9. The Balaban J connectivity index is 1.52. The summed E-state index contributed by atoms with van der Waals surface area (Å²) in [6.45, 7) is 8.54. The van der Waals surface area contributed by atoms with E-state index in [4.69, 9.17) is 4.74 Å². The summed E-state index contributed by atoms with van der Waals surface area (Å²) in [5.41, 5.74) is 6.76. The van der Waals surface area contributed by atoms with Crippen molar-refractivity contribution in [2.24, 2.45) is 5.92 Å². The van der Waals surface area contributed by atoms with Crippen LogP contribution in [0.25, 0.3) is 0 Å². The zero-order chi connectivity index (χ0) is 24.8. The number of amides is 1. The molecule has 1 fully saturated rings. The fraction of sp³-hybridized carbons (Fsp3) is 0.367. The highest BCUT2D eigenvalue weighted by Crippen LogP contribution is 2.28. The predicted molar refractivity (Wildman–Crippen MR) is 144 cm³/mol. The molecule has 1 aliphatic rings. The van der Waals surface area contributed by atoms with Gasteiger partial charge in [0.2, 0.25) is 5.91 Å². The van der Waals surface area contributed by atoms with Crippen LogP contribution in [0.4, 0.5) is 11.4 Å². The van der Waals surface area contributed by atoms with Crippen LogP contribution >= 0.6 is 0 Å². The Morgan fingerprint density at radius 3 is 2.09 bits per heavy atom.